The molecular formula is C21H21FN2OS2. The second-order valence-electron chi connectivity index (χ2n) is 6.00. The fourth-order valence-electron chi connectivity index (χ4n) is 2.78. The Labute approximate surface area is 167 Å². The molecule has 6 heteroatoms. The van der Waals surface area contributed by atoms with Gasteiger partial charge in [-0.25, -0.2) is 9.37 Å². The normalized spacial score (nSPS) is 10.8. The zero-order valence-corrected chi connectivity index (χ0v) is 16.9. The van der Waals surface area contributed by atoms with Crippen LogP contribution in [0.3, 0.4) is 0 Å². The average molecular weight is 401 g/mol. The molecule has 0 aliphatic heterocycles. The Bertz CT molecular complexity index is 900. The number of nitrogens with zero attached hydrogens (tertiary/aromatic N) is 1. The Kier molecular flexibility index (Phi) is 6.63. The number of aryl methyl sites for hydroxylation is 2. The maximum absolute atomic E-state index is 13.0. The fraction of sp³-hybridized carbons (Fsp3) is 0.238. The number of hydrogen-bond acceptors (Lipinski definition) is 4. The number of nitrogens with one attached hydrogen (secondary N) is 1. The van der Waals surface area contributed by atoms with Gasteiger partial charge in [0, 0.05) is 16.6 Å². The number of carbonyl (C=O) groups is 1. The van der Waals surface area contributed by atoms with Gasteiger partial charge in [-0.15, -0.1) is 11.3 Å². The Balaban J connectivity index is 1.63. The summed E-state index contributed by atoms with van der Waals surface area (Å²) < 4.78 is 13.9. The van der Waals surface area contributed by atoms with E-state index < -0.39 is 0 Å². The lowest BCUT2D eigenvalue weighted by molar-refractivity contribution is -0.113. The van der Waals surface area contributed by atoms with E-state index in [1.165, 1.54) is 35.2 Å². The molecule has 0 saturated carbocycles. The number of thioether (sulfide) groups is 1. The molecule has 140 valence electrons. The van der Waals surface area contributed by atoms with Crippen LogP contribution in [0, 0.1) is 5.82 Å². The van der Waals surface area contributed by atoms with Crippen LogP contribution in [-0.2, 0) is 17.6 Å². The number of anilines is 1. The van der Waals surface area contributed by atoms with E-state index in [0.29, 0.717) is 5.75 Å². The van der Waals surface area contributed by atoms with Crippen LogP contribution >= 0.6 is 23.1 Å². The van der Waals surface area contributed by atoms with E-state index in [4.69, 9.17) is 0 Å². The van der Waals surface area contributed by atoms with Crippen molar-refractivity contribution in [3.8, 4) is 11.3 Å². The maximum atomic E-state index is 13.0. The molecule has 0 unspecified atom stereocenters. The van der Waals surface area contributed by atoms with Gasteiger partial charge in [-0.05, 0) is 48.2 Å². The van der Waals surface area contributed by atoms with Crippen LogP contribution in [-0.4, -0.2) is 16.6 Å². The maximum Gasteiger partial charge on any atom is 0.234 e. The third kappa shape index (κ3) is 4.96. The number of para-hydroxylation sites is 1. The molecular weight excluding hydrogens is 379 g/mol. The predicted octanol–water partition coefficient (Wildman–Crippen LogP) is 5.80. The molecule has 3 nitrogen and oxygen atoms in total. The van der Waals surface area contributed by atoms with Crippen LogP contribution in [0.5, 0.6) is 0 Å². The molecule has 0 saturated heterocycles. The Hall–Kier alpha value is -2.18. The molecule has 3 aromatic rings. The number of rotatable bonds is 7. The van der Waals surface area contributed by atoms with E-state index in [1.807, 2.05) is 11.4 Å². The molecule has 2 aromatic carbocycles. The Morgan fingerprint density at radius 1 is 1.11 bits per heavy atom. The lowest BCUT2D eigenvalue weighted by atomic mass is 10.0. The highest BCUT2D eigenvalue weighted by Gasteiger charge is 2.12. The van der Waals surface area contributed by atoms with Crippen molar-refractivity contribution in [2.24, 2.45) is 0 Å². The molecule has 0 spiro atoms. The van der Waals surface area contributed by atoms with Crippen molar-refractivity contribution >= 4 is 34.7 Å². The van der Waals surface area contributed by atoms with Gasteiger partial charge in [-0.2, -0.15) is 0 Å². The quantitative estimate of drug-likeness (QED) is 0.509. The number of thiazole rings is 1. The average Bonchev–Trinajstić information content (AvgIpc) is 3.16. The molecule has 1 aromatic heterocycles. The van der Waals surface area contributed by atoms with Crippen molar-refractivity contribution < 1.29 is 9.18 Å². The first-order valence-corrected chi connectivity index (χ1v) is 10.7. The van der Waals surface area contributed by atoms with Gasteiger partial charge in [0.25, 0.3) is 0 Å². The zero-order chi connectivity index (χ0) is 19.2. The Morgan fingerprint density at radius 3 is 2.41 bits per heavy atom. The van der Waals surface area contributed by atoms with Gasteiger partial charge in [-0.3, -0.25) is 4.79 Å². The van der Waals surface area contributed by atoms with Crippen molar-refractivity contribution in [2.45, 2.75) is 31.0 Å². The summed E-state index contributed by atoms with van der Waals surface area (Å²) >= 11 is 2.90. The van der Waals surface area contributed by atoms with Gasteiger partial charge in [-0.1, -0.05) is 43.8 Å². The van der Waals surface area contributed by atoms with Gasteiger partial charge < -0.3 is 5.32 Å². The molecule has 0 aliphatic carbocycles. The minimum atomic E-state index is -0.265. The van der Waals surface area contributed by atoms with E-state index >= 15 is 0 Å². The van der Waals surface area contributed by atoms with E-state index in [1.54, 1.807) is 12.1 Å². The molecule has 0 radical (unpaired) electrons. The first kappa shape index (κ1) is 19.6. The van der Waals surface area contributed by atoms with Crippen LogP contribution < -0.4 is 5.32 Å². The molecule has 3 rings (SSSR count). The standard InChI is InChI=1S/C21H21FN2OS2/c1-3-14-6-5-7-15(4-2)20(14)24-19(25)13-27-21-23-18(12-26-21)16-8-10-17(22)11-9-16/h5-12H,3-4,13H2,1-2H3,(H,24,25). The van der Waals surface area contributed by atoms with Crippen molar-refractivity contribution in [3.05, 3.63) is 64.8 Å². The summed E-state index contributed by atoms with van der Waals surface area (Å²) in [5.41, 5.74) is 4.92. The lowest BCUT2D eigenvalue weighted by Crippen LogP contribution is -2.16. The van der Waals surface area contributed by atoms with Crippen LogP contribution in [0.1, 0.15) is 25.0 Å². The summed E-state index contributed by atoms with van der Waals surface area (Å²) in [4.78, 5) is 17.0. The fourth-order valence-corrected chi connectivity index (χ4v) is 4.42. The third-order valence-electron chi connectivity index (χ3n) is 4.21. The predicted molar refractivity (Wildman–Crippen MR) is 112 cm³/mol. The highest BCUT2D eigenvalue weighted by molar-refractivity contribution is 8.01. The van der Waals surface area contributed by atoms with Crippen LogP contribution in [0.25, 0.3) is 11.3 Å². The smallest absolute Gasteiger partial charge is 0.234 e. The van der Waals surface area contributed by atoms with Gasteiger partial charge >= 0.3 is 0 Å². The van der Waals surface area contributed by atoms with Crippen LogP contribution in [0.2, 0.25) is 0 Å². The van der Waals surface area contributed by atoms with Crippen molar-refractivity contribution in [2.75, 3.05) is 11.1 Å². The summed E-state index contributed by atoms with van der Waals surface area (Å²) in [5.74, 6) is 0.00518. The molecule has 1 N–H and O–H groups in total. The summed E-state index contributed by atoms with van der Waals surface area (Å²) in [6.45, 7) is 4.18. The molecule has 1 heterocycles. The molecule has 0 fully saturated rings. The number of halogens is 1. The molecule has 27 heavy (non-hydrogen) atoms. The first-order chi connectivity index (χ1) is 13.1. The van der Waals surface area contributed by atoms with E-state index in [-0.39, 0.29) is 11.7 Å². The van der Waals surface area contributed by atoms with Crippen molar-refractivity contribution in [1.29, 1.82) is 0 Å². The van der Waals surface area contributed by atoms with Crippen molar-refractivity contribution in [3.63, 3.8) is 0 Å². The number of benzene rings is 2. The van der Waals surface area contributed by atoms with E-state index in [9.17, 15) is 9.18 Å². The highest BCUT2D eigenvalue weighted by atomic mass is 32.2. The zero-order valence-electron chi connectivity index (χ0n) is 15.3. The van der Waals surface area contributed by atoms with Crippen LogP contribution in [0.4, 0.5) is 10.1 Å². The number of aromatic nitrogens is 1. The van der Waals surface area contributed by atoms with Crippen molar-refractivity contribution in [1.82, 2.24) is 4.98 Å². The minimum Gasteiger partial charge on any atom is -0.325 e. The largest absolute Gasteiger partial charge is 0.325 e. The summed E-state index contributed by atoms with van der Waals surface area (Å²) in [7, 11) is 0. The second kappa shape index (κ2) is 9.15. The SMILES string of the molecule is CCc1cccc(CC)c1NC(=O)CSc1nc(-c2ccc(F)cc2)cs1. The summed E-state index contributed by atoms with van der Waals surface area (Å²) in [6, 6.07) is 12.4. The topological polar surface area (TPSA) is 42.0 Å². The molecule has 1 amide bonds. The van der Waals surface area contributed by atoms with E-state index in [0.717, 1.165) is 45.3 Å². The highest BCUT2D eigenvalue weighted by Crippen LogP contribution is 2.29. The van der Waals surface area contributed by atoms with Gasteiger partial charge in [0.15, 0.2) is 4.34 Å². The third-order valence-corrected chi connectivity index (χ3v) is 6.23. The summed E-state index contributed by atoms with van der Waals surface area (Å²) in [5, 5.41) is 5.00. The Morgan fingerprint density at radius 2 is 1.78 bits per heavy atom. The summed E-state index contributed by atoms with van der Waals surface area (Å²) in [6.07, 6.45) is 1.76. The van der Waals surface area contributed by atoms with Gasteiger partial charge in [0.2, 0.25) is 5.91 Å². The minimum absolute atomic E-state index is 0.0332. The number of hydrogen-bond donors (Lipinski definition) is 1. The molecule has 0 bridgehead atoms. The molecule has 0 atom stereocenters. The van der Waals surface area contributed by atoms with Crippen LogP contribution in [0.15, 0.2) is 52.2 Å². The lowest BCUT2D eigenvalue weighted by Gasteiger charge is -2.14. The monoisotopic (exact) mass is 400 g/mol. The second-order valence-corrected chi connectivity index (χ2v) is 8.08. The number of carbonyl (C=O) groups excluding carboxylic acids is 1. The van der Waals surface area contributed by atoms with Gasteiger partial charge in [0.1, 0.15) is 5.82 Å². The van der Waals surface area contributed by atoms with E-state index in [2.05, 4.69) is 36.3 Å². The first-order valence-electron chi connectivity index (χ1n) is 8.85. The van der Waals surface area contributed by atoms with Gasteiger partial charge in [0.05, 0.1) is 11.4 Å². The molecule has 0 aliphatic rings. The number of amides is 1.